The highest BCUT2D eigenvalue weighted by atomic mass is 35.5. The van der Waals surface area contributed by atoms with Gasteiger partial charge in [0.25, 0.3) is 0 Å². The molecular formula is C15H13Cl2NO. The van der Waals surface area contributed by atoms with Crippen LogP contribution in [0.5, 0.6) is 0 Å². The van der Waals surface area contributed by atoms with Gasteiger partial charge in [0, 0.05) is 15.7 Å². The molecule has 0 aliphatic heterocycles. The van der Waals surface area contributed by atoms with E-state index in [1.807, 2.05) is 31.2 Å². The van der Waals surface area contributed by atoms with Crippen LogP contribution in [0.4, 0.5) is 5.69 Å². The normalized spacial score (nSPS) is 10.3. The zero-order chi connectivity index (χ0) is 13.8. The van der Waals surface area contributed by atoms with Crippen LogP contribution in [0.2, 0.25) is 10.0 Å². The summed E-state index contributed by atoms with van der Waals surface area (Å²) in [7, 11) is 0. The standard InChI is InChI=1S/C15H13Cl2NO/c1-10-2-6-13(7-3-10)18-15(19)8-11-4-5-12(16)9-14(11)17/h2-7,9H,8H2,1H3,(H,18,19). The molecule has 19 heavy (non-hydrogen) atoms. The summed E-state index contributed by atoms with van der Waals surface area (Å²) in [5.74, 6) is -0.104. The number of anilines is 1. The van der Waals surface area contributed by atoms with E-state index in [2.05, 4.69) is 5.32 Å². The van der Waals surface area contributed by atoms with Crippen molar-refractivity contribution in [1.82, 2.24) is 0 Å². The number of rotatable bonds is 3. The van der Waals surface area contributed by atoms with E-state index in [-0.39, 0.29) is 12.3 Å². The highest BCUT2D eigenvalue weighted by Crippen LogP contribution is 2.21. The van der Waals surface area contributed by atoms with Crippen LogP contribution in [-0.4, -0.2) is 5.91 Å². The zero-order valence-electron chi connectivity index (χ0n) is 10.4. The largest absolute Gasteiger partial charge is 0.326 e. The van der Waals surface area contributed by atoms with Gasteiger partial charge in [0.2, 0.25) is 5.91 Å². The summed E-state index contributed by atoms with van der Waals surface area (Å²) in [5, 5.41) is 3.90. The molecule has 0 aliphatic carbocycles. The Labute approximate surface area is 122 Å². The summed E-state index contributed by atoms with van der Waals surface area (Å²) in [5.41, 5.74) is 2.69. The number of carbonyl (C=O) groups excluding carboxylic acids is 1. The van der Waals surface area contributed by atoms with E-state index in [0.717, 1.165) is 16.8 Å². The van der Waals surface area contributed by atoms with Gasteiger partial charge in [0.1, 0.15) is 0 Å². The van der Waals surface area contributed by atoms with Crippen LogP contribution in [0.3, 0.4) is 0 Å². The number of aryl methyl sites for hydroxylation is 1. The van der Waals surface area contributed by atoms with Crippen molar-refractivity contribution in [2.24, 2.45) is 0 Å². The van der Waals surface area contributed by atoms with E-state index in [4.69, 9.17) is 23.2 Å². The molecule has 4 heteroatoms. The molecule has 1 N–H and O–H groups in total. The molecule has 0 aliphatic rings. The Morgan fingerprint density at radius 1 is 1.11 bits per heavy atom. The number of hydrogen-bond donors (Lipinski definition) is 1. The number of amides is 1. The summed E-state index contributed by atoms with van der Waals surface area (Å²) < 4.78 is 0. The molecular weight excluding hydrogens is 281 g/mol. The maximum Gasteiger partial charge on any atom is 0.228 e. The predicted octanol–water partition coefficient (Wildman–Crippen LogP) is 4.48. The Balaban J connectivity index is 2.03. The van der Waals surface area contributed by atoms with Crippen molar-refractivity contribution in [2.45, 2.75) is 13.3 Å². The first kappa shape index (κ1) is 13.9. The summed E-state index contributed by atoms with van der Waals surface area (Å²) in [6, 6.07) is 12.8. The summed E-state index contributed by atoms with van der Waals surface area (Å²) in [6.45, 7) is 2.00. The Morgan fingerprint density at radius 2 is 1.79 bits per heavy atom. The Kier molecular flexibility index (Phi) is 4.46. The van der Waals surface area contributed by atoms with Crippen LogP contribution in [0, 0.1) is 6.92 Å². The second kappa shape index (κ2) is 6.09. The molecule has 0 atom stereocenters. The predicted molar refractivity (Wildman–Crippen MR) is 80.0 cm³/mol. The van der Waals surface area contributed by atoms with E-state index in [1.54, 1.807) is 18.2 Å². The van der Waals surface area contributed by atoms with Crippen molar-refractivity contribution < 1.29 is 4.79 Å². The van der Waals surface area contributed by atoms with Gasteiger partial charge in [0.15, 0.2) is 0 Å². The molecule has 0 radical (unpaired) electrons. The number of halogens is 2. The molecule has 0 aromatic heterocycles. The van der Waals surface area contributed by atoms with Crippen LogP contribution in [0.15, 0.2) is 42.5 Å². The second-order valence-corrected chi connectivity index (χ2v) is 5.17. The first-order valence-electron chi connectivity index (χ1n) is 5.85. The summed E-state index contributed by atoms with van der Waals surface area (Å²) >= 11 is 11.8. The smallest absolute Gasteiger partial charge is 0.228 e. The van der Waals surface area contributed by atoms with Crippen molar-refractivity contribution in [3.8, 4) is 0 Å². The topological polar surface area (TPSA) is 29.1 Å². The van der Waals surface area contributed by atoms with Gasteiger partial charge in [-0.25, -0.2) is 0 Å². The van der Waals surface area contributed by atoms with E-state index < -0.39 is 0 Å². The van der Waals surface area contributed by atoms with Gasteiger partial charge in [-0.05, 0) is 36.8 Å². The van der Waals surface area contributed by atoms with E-state index in [0.29, 0.717) is 10.0 Å². The molecule has 0 unspecified atom stereocenters. The molecule has 0 saturated heterocycles. The summed E-state index contributed by atoms with van der Waals surface area (Å²) in [6.07, 6.45) is 0.226. The minimum Gasteiger partial charge on any atom is -0.326 e. The third-order valence-electron chi connectivity index (χ3n) is 2.70. The third-order valence-corrected chi connectivity index (χ3v) is 3.29. The zero-order valence-corrected chi connectivity index (χ0v) is 11.9. The number of hydrogen-bond acceptors (Lipinski definition) is 1. The number of benzene rings is 2. The molecule has 2 aromatic carbocycles. The Bertz CT molecular complexity index is 594. The molecule has 0 fully saturated rings. The fourth-order valence-electron chi connectivity index (χ4n) is 1.68. The molecule has 1 amide bonds. The molecule has 0 bridgehead atoms. The van der Waals surface area contributed by atoms with Gasteiger partial charge in [-0.3, -0.25) is 4.79 Å². The van der Waals surface area contributed by atoms with Gasteiger partial charge in [-0.15, -0.1) is 0 Å². The molecule has 0 saturated carbocycles. The lowest BCUT2D eigenvalue weighted by Crippen LogP contribution is -2.14. The monoisotopic (exact) mass is 293 g/mol. The molecule has 98 valence electrons. The number of nitrogens with one attached hydrogen (secondary N) is 1. The molecule has 2 nitrogen and oxygen atoms in total. The lowest BCUT2D eigenvalue weighted by molar-refractivity contribution is -0.115. The van der Waals surface area contributed by atoms with Crippen LogP contribution >= 0.6 is 23.2 Å². The number of carbonyl (C=O) groups is 1. The van der Waals surface area contributed by atoms with Crippen LogP contribution < -0.4 is 5.32 Å². The van der Waals surface area contributed by atoms with E-state index in [1.165, 1.54) is 0 Å². The highest BCUT2D eigenvalue weighted by Gasteiger charge is 2.07. The van der Waals surface area contributed by atoms with Crippen LogP contribution in [-0.2, 0) is 11.2 Å². The molecule has 0 heterocycles. The Morgan fingerprint density at radius 3 is 2.42 bits per heavy atom. The fraction of sp³-hybridized carbons (Fsp3) is 0.133. The van der Waals surface area contributed by atoms with Crippen molar-refractivity contribution in [3.63, 3.8) is 0 Å². The van der Waals surface area contributed by atoms with Gasteiger partial charge in [-0.2, -0.15) is 0 Å². The van der Waals surface area contributed by atoms with Gasteiger partial charge < -0.3 is 5.32 Å². The first-order valence-corrected chi connectivity index (χ1v) is 6.60. The van der Waals surface area contributed by atoms with Crippen molar-refractivity contribution in [3.05, 3.63) is 63.6 Å². The SMILES string of the molecule is Cc1ccc(NC(=O)Cc2ccc(Cl)cc2Cl)cc1. The lowest BCUT2D eigenvalue weighted by Gasteiger charge is -2.07. The van der Waals surface area contributed by atoms with Crippen molar-refractivity contribution in [1.29, 1.82) is 0 Å². The lowest BCUT2D eigenvalue weighted by atomic mass is 10.1. The van der Waals surface area contributed by atoms with Crippen molar-refractivity contribution >= 4 is 34.8 Å². The maximum absolute atomic E-state index is 11.9. The minimum atomic E-state index is -0.104. The minimum absolute atomic E-state index is 0.104. The van der Waals surface area contributed by atoms with E-state index >= 15 is 0 Å². The maximum atomic E-state index is 11.9. The second-order valence-electron chi connectivity index (χ2n) is 4.33. The fourth-order valence-corrected chi connectivity index (χ4v) is 2.16. The van der Waals surface area contributed by atoms with Crippen LogP contribution in [0.1, 0.15) is 11.1 Å². The molecule has 2 rings (SSSR count). The van der Waals surface area contributed by atoms with E-state index in [9.17, 15) is 4.79 Å². The highest BCUT2D eigenvalue weighted by molar-refractivity contribution is 6.35. The third kappa shape index (κ3) is 3.98. The van der Waals surface area contributed by atoms with Crippen LogP contribution in [0.25, 0.3) is 0 Å². The van der Waals surface area contributed by atoms with Gasteiger partial charge in [-0.1, -0.05) is 47.0 Å². The molecule has 2 aromatic rings. The van der Waals surface area contributed by atoms with Crippen molar-refractivity contribution in [2.75, 3.05) is 5.32 Å². The Hall–Kier alpha value is -1.51. The van der Waals surface area contributed by atoms with Gasteiger partial charge in [0.05, 0.1) is 6.42 Å². The first-order chi connectivity index (χ1) is 9.04. The summed E-state index contributed by atoms with van der Waals surface area (Å²) in [4.78, 5) is 11.9. The average molecular weight is 294 g/mol. The van der Waals surface area contributed by atoms with Gasteiger partial charge >= 0.3 is 0 Å². The molecule has 0 spiro atoms. The average Bonchev–Trinajstić information content (AvgIpc) is 2.36. The quantitative estimate of drug-likeness (QED) is 0.888.